The van der Waals surface area contributed by atoms with Gasteiger partial charge in [0.25, 0.3) is 5.91 Å². The van der Waals surface area contributed by atoms with Crippen LogP contribution >= 0.6 is 0 Å². The number of aryl methyl sites for hydroxylation is 1. The van der Waals surface area contributed by atoms with Crippen molar-refractivity contribution in [3.05, 3.63) is 83.4 Å². The molecule has 0 saturated carbocycles. The maximum atomic E-state index is 13.4. The van der Waals surface area contributed by atoms with Crippen LogP contribution in [0.4, 0.5) is 0 Å². The fourth-order valence-corrected chi connectivity index (χ4v) is 4.81. The zero-order valence-corrected chi connectivity index (χ0v) is 19.4. The lowest BCUT2D eigenvalue weighted by molar-refractivity contribution is 0.0735. The van der Waals surface area contributed by atoms with E-state index in [1.807, 2.05) is 78.6 Å². The fourth-order valence-electron chi connectivity index (χ4n) is 4.81. The van der Waals surface area contributed by atoms with Crippen LogP contribution in [0.15, 0.2) is 71.1 Å². The molecule has 6 rings (SSSR count). The molecule has 35 heavy (non-hydrogen) atoms. The minimum Gasteiger partial charge on any atom is -0.486 e. The molecule has 1 atom stereocenters. The summed E-state index contributed by atoms with van der Waals surface area (Å²) >= 11 is 0. The number of likely N-dealkylation sites (tertiary alicyclic amines) is 1. The number of benzene rings is 3. The highest BCUT2D eigenvalue weighted by molar-refractivity contribution is 5.95. The topological polar surface area (TPSA) is 77.7 Å². The maximum Gasteiger partial charge on any atom is 0.254 e. The van der Waals surface area contributed by atoms with Crippen molar-refractivity contribution in [2.75, 3.05) is 19.8 Å². The molecular weight excluding hydrogens is 442 g/mol. The Morgan fingerprint density at radius 3 is 2.51 bits per heavy atom. The van der Waals surface area contributed by atoms with Crippen molar-refractivity contribution >= 4 is 5.91 Å². The molecule has 0 spiro atoms. The lowest BCUT2D eigenvalue weighted by Crippen LogP contribution is -2.30. The number of fused-ring (bicyclic) bond motifs is 1. The van der Waals surface area contributed by atoms with E-state index < -0.39 is 0 Å². The Kier molecular flexibility index (Phi) is 5.45. The van der Waals surface area contributed by atoms with Gasteiger partial charge in [-0.25, -0.2) is 0 Å². The van der Waals surface area contributed by atoms with Crippen LogP contribution in [0.25, 0.3) is 22.9 Å². The normalized spacial score (nSPS) is 16.9. The SMILES string of the molecule is Cc1ccccc1-c1nnc(-c2ccc(C(=O)N3CCCC3c3ccc4c(c3)OCCO4)cc2)o1. The van der Waals surface area contributed by atoms with E-state index in [1.165, 1.54) is 0 Å². The smallest absolute Gasteiger partial charge is 0.254 e. The number of nitrogens with zero attached hydrogens (tertiary/aromatic N) is 3. The van der Waals surface area contributed by atoms with E-state index in [0.717, 1.165) is 53.1 Å². The van der Waals surface area contributed by atoms with Gasteiger partial charge in [0.05, 0.1) is 6.04 Å². The van der Waals surface area contributed by atoms with Crippen LogP contribution in [-0.2, 0) is 0 Å². The Labute approximate surface area is 203 Å². The monoisotopic (exact) mass is 467 g/mol. The summed E-state index contributed by atoms with van der Waals surface area (Å²) in [6.45, 7) is 3.84. The largest absolute Gasteiger partial charge is 0.486 e. The van der Waals surface area contributed by atoms with Gasteiger partial charge in [0.15, 0.2) is 11.5 Å². The van der Waals surface area contributed by atoms with Crippen LogP contribution in [0, 0.1) is 6.92 Å². The zero-order chi connectivity index (χ0) is 23.8. The quantitative estimate of drug-likeness (QED) is 0.397. The number of carbonyl (C=O) groups excluding carboxylic acids is 1. The van der Waals surface area contributed by atoms with Gasteiger partial charge in [0.1, 0.15) is 13.2 Å². The minimum absolute atomic E-state index is 0.0140. The van der Waals surface area contributed by atoms with Crippen molar-refractivity contribution in [1.29, 1.82) is 0 Å². The van der Waals surface area contributed by atoms with Gasteiger partial charge in [-0.1, -0.05) is 24.3 Å². The second-order valence-corrected chi connectivity index (χ2v) is 8.86. The summed E-state index contributed by atoms with van der Waals surface area (Å²) in [5.74, 6) is 2.44. The van der Waals surface area contributed by atoms with Crippen molar-refractivity contribution in [3.63, 3.8) is 0 Å². The molecule has 7 nitrogen and oxygen atoms in total. The summed E-state index contributed by atoms with van der Waals surface area (Å²) in [6, 6.07) is 21.3. The minimum atomic E-state index is 0.0140. The Bertz CT molecular complexity index is 1380. The highest BCUT2D eigenvalue weighted by Gasteiger charge is 2.31. The van der Waals surface area contributed by atoms with E-state index >= 15 is 0 Å². The Morgan fingerprint density at radius 1 is 0.914 bits per heavy atom. The molecule has 1 aromatic heterocycles. The van der Waals surface area contributed by atoms with E-state index in [1.54, 1.807) is 0 Å². The summed E-state index contributed by atoms with van der Waals surface area (Å²) in [4.78, 5) is 15.4. The first-order valence-corrected chi connectivity index (χ1v) is 11.9. The first-order valence-electron chi connectivity index (χ1n) is 11.9. The Balaban J connectivity index is 1.21. The van der Waals surface area contributed by atoms with Gasteiger partial charge in [-0.2, -0.15) is 0 Å². The summed E-state index contributed by atoms with van der Waals surface area (Å²) in [6.07, 6.45) is 1.89. The third-order valence-electron chi connectivity index (χ3n) is 6.64. The van der Waals surface area contributed by atoms with Crippen LogP contribution in [0.5, 0.6) is 11.5 Å². The van der Waals surface area contributed by atoms with E-state index in [0.29, 0.717) is 30.6 Å². The van der Waals surface area contributed by atoms with Gasteiger partial charge < -0.3 is 18.8 Å². The Morgan fingerprint density at radius 2 is 1.69 bits per heavy atom. The molecule has 1 saturated heterocycles. The van der Waals surface area contributed by atoms with Gasteiger partial charge in [-0.3, -0.25) is 4.79 Å². The predicted octanol–water partition coefficient (Wildman–Crippen LogP) is 5.46. The molecule has 2 aliphatic heterocycles. The van der Waals surface area contributed by atoms with Gasteiger partial charge in [-0.15, -0.1) is 10.2 Å². The molecule has 3 aromatic carbocycles. The van der Waals surface area contributed by atoms with Crippen LogP contribution in [0.2, 0.25) is 0 Å². The van der Waals surface area contributed by atoms with E-state index in [4.69, 9.17) is 13.9 Å². The third kappa shape index (κ3) is 4.03. The van der Waals surface area contributed by atoms with Crippen LogP contribution in [0.1, 0.15) is 40.4 Å². The standard InChI is InChI=1S/C28H25N3O4/c1-18-5-2-3-6-22(18)27-30-29-26(35-27)19-8-10-20(11-9-19)28(32)31-14-4-7-23(31)21-12-13-24-25(17-21)34-16-15-33-24/h2-3,5-6,8-13,17,23H,4,7,14-16H2,1H3. The highest BCUT2D eigenvalue weighted by atomic mass is 16.6. The average Bonchev–Trinajstić information content (AvgIpc) is 3.59. The lowest BCUT2D eigenvalue weighted by atomic mass is 10.0. The van der Waals surface area contributed by atoms with Crippen molar-refractivity contribution in [2.45, 2.75) is 25.8 Å². The molecular formula is C28H25N3O4. The molecule has 0 radical (unpaired) electrons. The number of rotatable bonds is 4. The van der Waals surface area contributed by atoms with Crippen LogP contribution in [0.3, 0.4) is 0 Å². The maximum absolute atomic E-state index is 13.4. The molecule has 4 aromatic rings. The molecule has 176 valence electrons. The first-order chi connectivity index (χ1) is 17.2. The molecule has 1 amide bonds. The summed E-state index contributed by atoms with van der Waals surface area (Å²) in [5, 5.41) is 8.42. The van der Waals surface area contributed by atoms with Crippen LogP contribution < -0.4 is 9.47 Å². The zero-order valence-electron chi connectivity index (χ0n) is 19.4. The first kappa shape index (κ1) is 21.4. The predicted molar refractivity (Wildman–Crippen MR) is 130 cm³/mol. The number of aromatic nitrogens is 2. The van der Waals surface area contributed by atoms with Gasteiger partial charge in [0, 0.05) is 23.2 Å². The van der Waals surface area contributed by atoms with Crippen molar-refractivity contribution in [3.8, 4) is 34.4 Å². The molecule has 7 heteroatoms. The molecule has 2 aliphatic rings. The van der Waals surface area contributed by atoms with E-state index in [-0.39, 0.29) is 11.9 Å². The molecule has 0 N–H and O–H groups in total. The summed E-state index contributed by atoms with van der Waals surface area (Å²) in [7, 11) is 0. The molecule has 0 aliphatic carbocycles. The number of hydrogen-bond donors (Lipinski definition) is 0. The molecule has 0 bridgehead atoms. The van der Waals surface area contributed by atoms with E-state index in [9.17, 15) is 4.79 Å². The second kappa shape index (κ2) is 8.91. The second-order valence-electron chi connectivity index (χ2n) is 8.86. The molecule has 3 heterocycles. The Hall–Kier alpha value is -4.13. The van der Waals surface area contributed by atoms with Crippen molar-refractivity contribution in [2.24, 2.45) is 0 Å². The number of carbonyl (C=O) groups is 1. The highest BCUT2D eigenvalue weighted by Crippen LogP contribution is 2.38. The van der Waals surface area contributed by atoms with E-state index in [2.05, 4.69) is 10.2 Å². The summed E-state index contributed by atoms with van der Waals surface area (Å²) in [5.41, 5.74) is 4.47. The van der Waals surface area contributed by atoms with Crippen LogP contribution in [-0.4, -0.2) is 40.8 Å². The van der Waals surface area contributed by atoms with Gasteiger partial charge >= 0.3 is 0 Å². The number of amides is 1. The molecule has 1 fully saturated rings. The van der Waals surface area contributed by atoms with Gasteiger partial charge in [0.2, 0.25) is 11.8 Å². The summed E-state index contributed by atoms with van der Waals surface area (Å²) < 4.78 is 17.3. The number of hydrogen-bond acceptors (Lipinski definition) is 6. The van der Waals surface area contributed by atoms with Gasteiger partial charge in [-0.05, 0) is 73.4 Å². The van der Waals surface area contributed by atoms with Crippen molar-refractivity contribution in [1.82, 2.24) is 15.1 Å². The average molecular weight is 468 g/mol. The third-order valence-corrected chi connectivity index (χ3v) is 6.64. The lowest BCUT2D eigenvalue weighted by Gasteiger charge is -2.27. The van der Waals surface area contributed by atoms with Crippen molar-refractivity contribution < 1.29 is 18.7 Å². The number of ether oxygens (including phenoxy) is 2. The fraction of sp³-hybridized carbons (Fsp3) is 0.250. The molecule has 1 unspecified atom stereocenters.